The summed E-state index contributed by atoms with van der Waals surface area (Å²) in [5.74, 6) is 1.03. The van der Waals surface area contributed by atoms with Crippen LogP contribution in [0.4, 0.5) is 0 Å². The Hall–Kier alpha value is -3.88. The molecule has 0 bridgehead atoms. The summed E-state index contributed by atoms with van der Waals surface area (Å²) >= 11 is 1.60. The third kappa shape index (κ3) is 5.93. The molecule has 4 aromatic rings. The van der Waals surface area contributed by atoms with Crippen molar-refractivity contribution < 1.29 is 23.8 Å². The van der Waals surface area contributed by atoms with Gasteiger partial charge in [-0.1, -0.05) is 42.5 Å². The maximum atomic E-state index is 13.7. The van der Waals surface area contributed by atoms with Gasteiger partial charge in [0, 0.05) is 30.6 Å². The second-order valence-electron chi connectivity index (χ2n) is 8.80. The van der Waals surface area contributed by atoms with Gasteiger partial charge in [-0.3, -0.25) is 9.59 Å². The highest BCUT2D eigenvalue weighted by atomic mass is 32.1. The summed E-state index contributed by atoms with van der Waals surface area (Å²) in [6.07, 6.45) is 0. The van der Waals surface area contributed by atoms with Crippen molar-refractivity contribution in [1.29, 1.82) is 0 Å². The lowest BCUT2D eigenvalue weighted by atomic mass is 10.1. The van der Waals surface area contributed by atoms with E-state index in [1.54, 1.807) is 28.2 Å². The van der Waals surface area contributed by atoms with Gasteiger partial charge in [0.2, 0.25) is 12.7 Å². The van der Waals surface area contributed by atoms with Crippen molar-refractivity contribution in [3.8, 4) is 11.5 Å². The minimum absolute atomic E-state index is 0.0506. The molecule has 1 aliphatic heterocycles. The van der Waals surface area contributed by atoms with Gasteiger partial charge in [-0.2, -0.15) is 0 Å². The fourth-order valence-corrected chi connectivity index (χ4v) is 5.02. The van der Waals surface area contributed by atoms with Crippen LogP contribution in [-0.4, -0.2) is 55.2 Å². The number of nitrogens with zero attached hydrogens (tertiary/aromatic N) is 2. The van der Waals surface area contributed by atoms with Crippen LogP contribution in [0.5, 0.6) is 11.5 Å². The van der Waals surface area contributed by atoms with E-state index < -0.39 is 0 Å². The van der Waals surface area contributed by atoms with Gasteiger partial charge in [0.1, 0.15) is 6.54 Å². The molecule has 37 heavy (non-hydrogen) atoms. The molecule has 0 unspecified atom stereocenters. The van der Waals surface area contributed by atoms with E-state index in [2.05, 4.69) is 0 Å². The van der Waals surface area contributed by atoms with Crippen LogP contribution in [0.25, 0.3) is 10.8 Å². The van der Waals surface area contributed by atoms with Crippen LogP contribution < -0.4 is 9.47 Å². The van der Waals surface area contributed by atoms with Crippen molar-refractivity contribution in [3.63, 3.8) is 0 Å². The fourth-order valence-electron chi connectivity index (χ4n) is 4.30. The Labute approximate surface area is 219 Å². The number of hydrogen-bond acceptors (Lipinski definition) is 6. The summed E-state index contributed by atoms with van der Waals surface area (Å²) in [6, 6.07) is 23.2. The molecule has 0 saturated carbocycles. The highest BCUT2D eigenvalue weighted by molar-refractivity contribution is 7.09. The Balaban J connectivity index is 1.37. The molecule has 2 amide bonds. The SMILES string of the molecule is COCCN(CC(=O)N(Cc1ccc2c(c1)OCO2)Cc1cccs1)C(=O)c1ccc2ccccc2c1. The Morgan fingerprint density at radius 2 is 1.73 bits per heavy atom. The zero-order valence-corrected chi connectivity index (χ0v) is 21.4. The smallest absolute Gasteiger partial charge is 0.254 e. The molecule has 0 atom stereocenters. The third-order valence-electron chi connectivity index (χ3n) is 6.26. The first-order valence-electron chi connectivity index (χ1n) is 12.1. The lowest BCUT2D eigenvalue weighted by molar-refractivity contribution is -0.133. The number of hydrogen-bond donors (Lipinski definition) is 0. The van der Waals surface area contributed by atoms with E-state index in [0.29, 0.717) is 43.3 Å². The van der Waals surface area contributed by atoms with Crippen LogP contribution in [0, 0.1) is 0 Å². The number of carbonyl (C=O) groups excluding carboxylic acids is 2. The number of benzene rings is 3. The van der Waals surface area contributed by atoms with Gasteiger partial charge in [0.25, 0.3) is 5.91 Å². The maximum Gasteiger partial charge on any atom is 0.254 e. The molecular formula is C29H28N2O5S. The summed E-state index contributed by atoms with van der Waals surface area (Å²) in [4.78, 5) is 31.6. The van der Waals surface area contributed by atoms with Crippen molar-refractivity contribution in [3.05, 3.63) is 94.2 Å². The number of amides is 2. The molecule has 0 N–H and O–H groups in total. The first-order chi connectivity index (χ1) is 18.1. The molecule has 5 rings (SSSR count). The molecule has 1 aromatic heterocycles. The van der Waals surface area contributed by atoms with Crippen LogP contribution in [0.2, 0.25) is 0 Å². The van der Waals surface area contributed by atoms with E-state index in [0.717, 1.165) is 21.2 Å². The maximum absolute atomic E-state index is 13.7. The first kappa shape index (κ1) is 24.8. The van der Waals surface area contributed by atoms with Gasteiger partial charge >= 0.3 is 0 Å². The van der Waals surface area contributed by atoms with E-state index >= 15 is 0 Å². The summed E-state index contributed by atoms with van der Waals surface area (Å²) in [7, 11) is 1.59. The molecule has 0 fully saturated rings. The first-order valence-corrected chi connectivity index (χ1v) is 12.9. The molecule has 8 heteroatoms. The molecule has 0 saturated heterocycles. The van der Waals surface area contributed by atoms with Gasteiger partial charge < -0.3 is 24.0 Å². The van der Waals surface area contributed by atoms with Crippen molar-refractivity contribution in [2.45, 2.75) is 13.1 Å². The molecule has 1 aliphatic rings. The Bertz CT molecular complexity index is 1390. The minimum Gasteiger partial charge on any atom is -0.454 e. The Kier molecular flexibility index (Phi) is 7.67. The number of methoxy groups -OCH3 is 1. The lowest BCUT2D eigenvalue weighted by Crippen LogP contribution is -2.43. The summed E-state index contributed by atoms with van der Waals surface area (Å²) in [6.45, 7) is 1.63. The largest absolute Gasteiger partial charge is 0.454 e. The molecule has 7 nitrogen and oxygen atoms in total. The summed E-state index contributed by atoms with van der Waals surface area (Å²) < 4.78 is 16.2. The Morgan fingerprint density at radius 3 is 2.54 bits per heavy atom. The molecule has 0 aliphatic carbocycles. The molecule has 0 spiro atoms. The molecule has 3 aromatic carbocycles. The van der Waals surface area contributed by atoms with E-state index in [4.69, 9.17) is 14.2 Å². The van der Waals surface area contributed by atoms with Crippen LogP contribution >= 0.6 is 11.3 Å². The van der Waals surface area contributed by atoms with E-state index in [-0.39, 0.29) is 25.2 Å². The molecule has 0 radical (unpaired) electrons. The third-order valence-corrected chi connectivity index (χ3v) is 7.13. The van der Waals surface area contributed by atoms with Gasteiger partial charge in [-0.05, 0) is 52.0 Å². The standard InChI is InChI=1S/C29H28N2O5S/c1-34-13-12-30(29(33)24-10-9-22-5-2-3-6-23(22)16-24)19-28(32)31(18-25-7-4-14-37-25)17-21-8-11-26-27(15-21)36-20-35-26/h2-11,14-16H,12-13,17-20H2,1H3. The molecular weight excluding hydrogens is 488 g/mol. The van der Waals surface area contributed by atoms with Gasteiger partial charge in [-0.15, -0.1) is 11.3 Å². The van der Waals surface area contributed by atoms with Gasteiger partial charge in [-0.25, -0.2) is 0 Å². The quantitative estimate of drug-likeness (QED) is 0.298. The van der Waals surface area contributed by atoms with Crippen molar-refractivity contribution >= 4 is 33.9 Å². The number of thiophene rings is 1. The highest BCUT2D eigenvalue weighted by Crippen LogP contribution is 2.33. The minimum atomic E-state index is -0.199. The average molecular weight is 517 g/mol. The Morgan fingerprint density at radius 1 is 0.892 bits per heavy atom. The zero-order valence-electron chi connectivity index (χ0n) is 20.6. The van der Waals surface area contributed by atoms with Crippen LogP contribution in [0.3, 0.4) is 0 Å². The van der Waals surface area contributed by atoms with Crippen molar-refractivity contribution in [2.24, 2.45) is 0 Å². The number of carbonyl (C=O) groups is 2. The second-order valence-corrected chi connectivity index (χ2v) is 9.83. The topological polar surface area (TPSA) is 68.3 Å². The van der Waals surface area contributed by atoms with Crippen LogP contribution in [0.15, 0.2) is 78.2 Å². The van der Waals surface area contributed by atoms with Crippen LogP contribution in [-0.2, 0) is 22.6 Å². The normalized spacial score (nSPS) is 12.0. The zero-order chi connectivity index (χ0) is 25.6. The highest BCUT2D eigenvalue weighted by Gasteiger charge is 2.24. The fraction of sp³-hybridized carbons (Fsp3) is 0.241. The van der Waals surface area contributed by atoms with E-state index in [9.17, 15) is 9.59 Å². The van der Waals surface area contributed by atoms with Crippen molar-refractivity contribution in [1.82, 2.24) is 9.80 Å². The van der Waals surface area contributed by atoms with Crippen molar-refractivity contribution in [2.75, 3.05) is 33.6 Å². The monoisotopic (exact) mass is 516 g/mol. The summed E-state index contributed by atoms with van der Waals surface area (Å²) in [5, 5.41) is 4.03. The average Bonchev–Trinajstić information content (AvgIpc) is 3.61. The predicted molar refractivity (Wildman–Crippen MR) is 143 cm³/mol. The van der Waals surface area contributed by atoms with E-state index in [1.807, 2.05) is 78.2 Å². The number of ether oxygens (including phenoxy) is 3. The second kappa shape index (κ2) is 11.5. The van der Waals surface area contributed by atoms with Gasteiger partial charge in [0.05, 0.1) is 13.2 Å². The van der Waals surface area contributed by atoms with E-state index in [1.165, 1.54) is 0 Å². The molecule has 190 valence electrons. The number of rotatable bonds is 10. The number of fused-ring (bicyclic) bond motifs is 2. The van der Waals surface area contributed by atoms with Gasteiger partial charge in [0.15, 0.2) is 11.5 Å². The summed E-state index contributed by atoms with van der Waals surface area (Å²) in [5.41, 5.74) is 1.47. The van der Waals surface area contributed by atoms with Crippen LogP contribution in [0.1, 0.15) is 20.8 Å². The predicted octanol–water partition coefficient (Wildman–Crippen LogP) is 4.95. The lowest BCUT2D eigenvalue weighted by Gasteiger charge is -2.28. The molecule has 2 heterocycles.